The van der Waals surface area contributed by atoms with Gasteiger partial charge in [0.1, 0.15) is 0 Å². The molecule has 0 N–H and O–H groups in total. The minimum absolute atomic E-state index is 0.933. The van der Waals surface area contributed by atoms with E-state index < -0.39 is 8.56 Å². The summed E-state index contributed by atoms with van der Waals surface area (Å²) in [5.41, 5.74) is 0. The fourth-order valence-corrected chi connectivity index (χ4v) is 7.36. The minimum atomic E-state index is -1.99. The molecule has 0 bridgehead atoms. The molecule has 0 saturated heterocycles. The molecule has 0 aromatic rings. The van der Waals surface area contributed by atoms with E-state index in [9.17, 15) is 0 Å². The van der Waals surface area contributed by atoms with Crippen molar-refractivity contribution < 1.29 is 8.85 Å². The zero-order chi connectivity index (χ0) is 20.1. The van der Waals surface area contributed by atoms with Crippen LogP contribution in [0.2, 0.25) is 12.1 Å². The van der Waals surface area contributed by atoms with Crippen LogP contribution in [0.25, 0.3) is 0 Å². The Morgan fingerprint density at radius 3 is 1.11 bits per heavy atom. The van der Waals surface area contributed by atoms with Gasteiger partial charge < -0.3 is 8.85 Å². The predicted octanol–water partition coefficient (Wildman–Crippen LogP) is 8.78. The monoisotopic (exact) mass is 400 g/mol. The first-order valence-corrected chi connectivity index (χ1v) is 14.8. The number of rotatable bonds is 22. The standard InChI is InChI=1S/C24H52O2Si/c1-5-9-13-15-17-19-21-25-27(23-11-7-3,24-12-8-4)26-22-20-18-16-14-10-6-2/h5-24H2,1-4H3. The van der Waals surface area contributed by atoms with Gasteiger partial charge in [0.2, 0.25) is 0 Å². The van der Waals surface area contributed by atoms with E-state index in [-0.39, 0.29) is 0 Å². The van der Waals surface area contributed by atoms with Crippen molar-refractivity contribution in [2.75, 3.05) is 13.2 Å². The first-order chi connectivity index (χ1) is 13.2. The molecule has 0 atom stereocenters. The van der Waals surface area contributed by atoms with Crippen LogP contribution in [0.5, 0.6) is 0 Å². The van der Waals surface area contributed by atoms with Crippen molar-refractivity contribution in [1.82, 2.24) is 0 Å². The molecule has 164 valence electrons. The van der Waals surface area contributed by atoms with Crippen LogP contribution in [0.1, 0.15) is 130 Å². The van der Waals surface area contributed by atoms with E-state index in [2.05, 4.69) is 27.7 Å². The summed E-state index contributed by atoms with van der Waals surface area (Å²) in [6.07, 6.45) is 21.1. The molecule has 0 rings (SSSR count). The SMILES string of the molecule is CCCCCCCCO[Si](CCCC)(CCCC)OCCCCCCCC. The van der Waals surface area contributed by atoms with Gasteiger partial charge in [0.25, 0.3) is 0 Å². The molecule has 0 fully saturated rings. The molecule has 0 spiro atoms. The van der Waals surface area contributed by atoms with Crippen LogP contribution in [0.3, 0.4) is 0 Å². The summed E-state index contributed by atoms with van der Waals surface area (Å²) in [5.74, 6) is 0. The third-order valence-electron chi connectivity index (χ3n) is 5.55. The highest BCUT2D eigenvalue weighted by Crippen LogP contribution is 2.26. The van der Waals surface area contributed by atoms with Crippen molar-refractivity contribution in [3.05, 3.63) is 0 Å². The summed E-state index contributed by atoms with van der Waals surface area (Å²) < 4.78 is 13.2. The Bertz CT molecular complexity index is 256. The Morgan fingerprint density at radius 1 is 0.407 bits per heavy atom. The lowest BCUT2D eigenvalue weighted by Gasteiger charge is -2.31. The zero-order valence-corrected chi connectivity index (χ0v) is 20.5. The van der Waals surface area contributed by atoms with E-state index in [1.165, 1.54) is 115 Å². The summed E-state index contributed by atoms with van der Waals surface area (Å²) in [5, 5.41) is 0. The molecule has 0 radical (unpaired) electrons. The molecule has 0 aliphatic rings. The fraction of sp³-hybridized carbons (Fsp3) is 1.00. The lowest BCUT2D eigenvalue weighted by Crippen LogP contribution is -2.42. The second-order valence-corrected chi connectivity index (χ2v) is 11.7. The molecule has 0 amide bonds. The highest BCUT2D eigenvalue weighted by molar-refractivity contribution is 6.67. The van der Waals surface area contributed by atoms with Crippen LogP contribution < -0.4 is 0 Å². The molecule has 2 nitrogen and oxygen atoms in total. The van der Waals surface area contributed by atoms with E-state index in [1.807, 2.05) is 0 Å². The van der Waals surface area contributed by atoms with E-state index >= 15 is 0 Å². The summed E-state index contributed by atoms with van der Waals surface area (Å²) in [4.78, 5) is 0. The quantitative estimate of drug-likeness (QED) is 0.133. The molecular weight excluding hydrogens is 348 g/mol. The summed E-state index contributed by atoms with van der Waals surface area (Å²) in [7, 11) is -1.99. The maximum Gasteiger partial charge on any atom is 0.338 e. The highest BCUT2D eigenvalue weighted by atomic mass is 28.4. The van der Waals surface area contributed by atoms with Crippen molar-refractivity contribution >= 4 is 8.56 Å². The van der Waals surface area contributed by atoms with Crippen molar-refractivity contribution in [2.24, 2.45) is 0 Å². The molecule has 0 aliphatic carbocycles. The van der Waals surface area contributed by atoms with Gasteiger partial charge in [0.15, 0.2) is 0 Å². The van der Waals surface area contributed by atoms with Gasteiger partial charge in [0, 0.05) is 13.2 Å². The largest absolute Gasteiger partial charge is 0.394 e. The predicted molar refractivity (Wildman–Crippen MR) is 124 cm³/mol. The lowest BCUT2D eigenvalue weighted by molar-refractivity contribution is 0.159. The van der Waals surface area contributed by atoms with Crippen LogP contribution in [0.15, 0.2) is 0 Å². The van der Waals surface area contributed by atoms with Crippen molar-refractivity contribution in [3.8, 4) is 0 Å². The summed E-state index contributed by atoms with van der Waals surface area (Å²) in [6, 6.07) is 2.41. The second-order valence-electron chi connectivity index (χ2n) is 8.35. The normalized spacial score (nSPS) is 12.0. The Balaban J connectivity index is 4.30. The fourth-order valence-electron chi connectivity index (χ4n) is 3.63. The van der Waals surface area contributed by atoms with Crippen molar-refractivity contribution in [1.29, 1.82) is 0 Å². The van der Waals surface area contributed by atoms with Gasteiger partial charge in [-0.2, -0.15) is 0 Å². The van der Waals surface area contributed by atoms with Crippen LogP contribution >= 0.6 is 0 Å². The first kappa shape index (κ1) is 27.1. The van der Waals surface area contributed by atoms with Gasteiger partial charge in [-0.05, 0) is 24.9 Å². The minimum Gasteiger partial charge on any atom is -0.394 e. The second kappa shape index (κ2) is 20.9. The number of hydrogen-bond donors (Lipinski definition) is 0. The molecule has 0 aliphatic heterocycles. The molecule has 0 saturated carbocycles. The Kier molecular flexibility index (Phi) is 21.0. The van der Waals surface area contributed by atoms with E-state index in [4.69, 9.17) is 8.85 Å². The van der Waals surface area contributed by atoms with Gasteiger partial charge in [-0.1, -0.05) is 118 Å². The highest BCUT2D eigenvalue weighted by Gasteiger charge is 2.36. The maximum absolute atomic E-state index is 6.60. The van der Waals surface area contributed by atoms with E-state index in [0.29, 0.717) is 0 Å². The lowest BCUT2D eigenvalue weighted by atomic mass is 10.1. The average Bonchev–Trinajstić information content (AvgIpc) is 2.69. The van der Waals surface area contributed by atoms with Crippen LogP contribution in [0.4, 0.5) is 0 Å². The van der Waals surface area contributed by atoms with Crippen LogP contribution in [-0.2, 0) is 8.85 Å². The first-order valence-electron chi connectivity index (χ1n) is 12.5. The van der Waals surface area contributed by atoms with Gasteiger partial charge >= 0.3 is 8.56 Å². The van der Waals surface area contributed by atoms with Gasteiger partial charge in [-0.3, -0.25) is 0 Å². The summed E-state index contributed by atoms with van der Waals surface area (Å²) in [6.45, 7) is 11.0. The van der Waals surface area contributed by atoms with Crippen molar-refractivity contribution in [3.63, 3.8) is 0 Å². The molecule has 0 unspecified atom stereocenters. The molecule has 27 heavy (non-hydrogen) atoms. The van der Waals surface area contributed by atoms with Crippen LogP contribution in [-0.4, -0.2) is 21.8 Å². The molecule has 0 aromatic heterocycles. The Labute approximate surface area is 173 Å². The third-order valence-corrected chi connectivity index (χ3v) is 9.24. The van der Waals surface area contributed by atoms with E-state index in [0.717, 1.165) is 13.2 Å². The van der Waals surface area contributed by atoms with Gasteiger partial charge in [0.05, 0.1) is 0 Å². The summed E-state index contributed by atoms with van der Waals surface area (Å²) >= 11 is 0. The topological polar surface area (TPSA) is 18.5 Å². The van der Waals surface area contributed by atoms with Gasteiger partial charge in [-0.25, -0.2) is 0 Å². The zero-order valence-electron chi connectivity index (χ0n) is 19.5. The Hall–Kier alpha value is 0.137. The van der Waals surface area contributed by atoms with Crippen LogP contribution in [0, 0.1) is 0 Å². The smallest absolute Gasteiger partial charge is 0.338 e. The maximum atomic E-state index is 6.60. The molecule has 3 heteroatoms. The van der Waals surface area contributed by atoms with Crippen molar-refractivity contribution in [2.45, 2.75) is 143 Å². The molecular formula is C24H52O2Si. The Morgan fingerprint density at radius 2 is 0.741 bits per heavy atom. The number of hydrogen-bond acceptors (Lipinski definition) is 2. The van der Waals surface area contributed by atoms with Gasteiger partial charge in [-0.15, -0.1) is 0 Å². The van der Waals surface area contributed by atoms with E-state index in [1.54, 1.807) is 0 Å². The average molecular weight is 401 g/mol. The molecule has 0 heterocycles. The third kappa shape index (κ3) is 16.8. The number of unbranched alkanes of at least 4 members (excludes halogenated alkanes) is 12. The molecule has 0 aromatic carbocycles.